The standard InChI is InChI=1S/C23H29N3O4/c1-16(2)14-18-4-6-19(7-5-18)17(3)24-23(27)20-8-9-21(22(15-20)26(28)29)25-10-12-30-13-11-25/h4-9,15-17H,10-14H2,1-3H3,(H,24,27). The van der Waals surface area contributed by atoms with E-state index in [1.54, 1.807) is 12.1 Å². The molecule has 1 unspecified atom stereocenters. The molecule has 7 heteroatoms. The van der Waals surface area contributed by atoms with Gasteiger partial charge in [0.1, 0.15) is 5.69 Å². The molecule has 0 bridgehead atoms. The lowest BCUT2D eigenvalue weighted by Crippen LogP contribution is -2.36. The lowest BCUT2D eigenvalue weighted by Gasteiger charge is -2.28. The highest BCUT2D eigenvalue weighted by atomic mass is 16.6. The van der Waals surface area contributed by atoms with Gasteiger partial charge < -0.3 is 15.0 Å². The molecule has 0 radical (unpaired) electrons. The smallest absolute Gasteiger partial charge is 0.293 e. The lowest BCUT2D eigenvalue weighted by atomic mass is 10.00. The molecule has 7 nitrogen and oxygen atoms in total. The van der Waals surface area contributed by atoms with Crippen LogP contribution in [-0.2, 0) is 11.2 Å². The fourth-order valence-corrected chi connectivity index (χ4v) is 3.66. The Kier molecular flexibility index (Phi) is 7.05. The first-order valence-electron chi connectivity index (χ1n) is 10.4. The van der Waals surface area contributed by atoms with Crippen LogP contribution in [0.3, 0.4) is 0 Å². The number of morpholine rings is 1. The summed E-state index contributed by atoms with van der Waals surface area (Å²) in [5, 5.41) is 14.5. The number of hydrogen-bond donors (Lipinski definition) is 1. The molecule has 0 saturated carbocycles. The van der Waals surface area contributed by atoms with Crippen molar-refractivity contribution < 1.29 is 14.5 Å². The highest BCUT2D eigenvalue weighted by molar-refractivity contribution is 5.96. The second-order valence-electron chi connectivity index (χ2n) is 8.09. The summed E-state index contributed by atoms with van der Waals surface area (Å²) in [6.07, 6.45) is 1.01. The van der Waals surface area contributed by atoms with Crippen LogP contribution in [0.4, 0.5) is 11.4 Å². The molecule has 2 aromatic rings. The van der Waals surface area contributed by atoms with Crippen molar-refractivity contribution >= 4 is 17.3 Å². The van der Waals surface area contributed by atoms with Gasteiger partial charge >= 0.3 is 0 Å². The van der Waals surface area contributed by atoms with Gasteiger partial charge in [0.25, 0.3) is 11.6 Å². The predicted molar refractivity (Wildman–Crippen MR) is 117 cm³/mol. The Bertz CT molecular complexity index is 890. The van der Waals surface area contributed by atoms with Gasteiger partial charge in [0.2, 0.25) is 0 Å². The topological polar surface area (TPSA) is 84.7 Å². The van der Waals surface area contributed by atoms with E-state index in [1.807, 2.05) is 24.0 Å². The Morgan fingerprint density at radius 1 is 1.13 bits per heavy atom. The molecular formula is C23H29N3O4. The van der Waals surface area contributed by atoms with Gasteiger partial charge in [-0.1, -0.05) is 38.1 Å². The van der Waals surface area contributed by atoms with Crippen molar-refractivity contribution in [3.05, 3.63) is 69.3 Å². The number of nitro benzene ring substituents is 1. The third-order valence-electron chi connectivity index (χ3n) is 5.26. The van der Waals surface area contributed by atoms with E-state index in [4.69, 9.17) is 4.74 Å². The van der Waals surface area contributed by atoms with Gasteiger partial charge in [0.15, 0.2) is 0 Å². The van der Waals surface area contributed by atoms with Crippen molar-refractivity contribution in [3.63, 3.8) is 0 Å². The number of carbonyl (C=O) groups excluding carboxylic acids is 1. The highest BCUT2D eigenvalue weighted by Crippen LogP contribution is 2.30. The molecule has 2 aromatic carbocycles. The van der Waals surface area contributed by atoms with Crippen molar-refractivity contribution in [1.29, 1.82) is 0 Å². The fraction of sp³-hybridized carbons (Fsp3) is 0.435. The quantitative estimate of drug-likeness (QED) is 0.547. The molecule has 1 saturated heterocycles. The van der Waals surface area contributed by atoms with Gasteiger partial charge in [-0.3, -0.25) is 14.9 Å². The Morgan fingerprint density at radius 2 is 1.80 bits per heavy atom. The minimum atomic E-state index is -0.432. The second kappa shape index (κ2) is 9.71. The van der Waals surface area contributed by atoms with Crippen molar-refractivity contribution in [2.45, 2.75) is 33.2 Å². The normalized spacial score (nSPS) is 15.1. The van der Waals surface area contributed by atoms with Gasteiger partial charge in [-0.25, -0.2) is 0 Å². The zero-order valence-electron chi connectivity index (χ0n) is 17.8. The van der Waals surface area contributed by atoms with E-state index in [2.05, 4.69) is 31.3 Å². The first kappa shape index (κ1) is 21.8. The minimum Gasteiger partial charge on any atom is -0.378 e. The van der Waals surface area contributed by atoms with Crippen LogP contribution in [0.25, 0.3) is 0 Å². The minimum absolute atomic E-state index is 0.0600. The summed E-state index contributed by atoms with van der Waals surface area (Å²) < 4.78 is 5.32. The van der Waals surface area contributed by atoms with E-state index in [0.29, 0.717) is 37.9 Å². The number of nitrogens with zero attached hydrogens (tertiary/aromatic N) is 2. The molecule has 0 aliphatic carbocycles. The highest BCUT2D eigenvalue weighted by Gasteiger charge is 2.23. The molecule has 30 heavy (non-hydrogen) atoms. The molecule has 1 N–H and O–H groups in total. The number of benzene rings is 2. The molecule has 0 aromatic heterocycles. The molecule has 1 aliphatic rings. The third-order valence-corrected chi connectivity index (χ3v) is 5.26. The zero-order valence-corrected chi connectivity index (χ0v) is 17.8. The average molecular weight is 412 g/mol. The average Bonchev–Trinajstić information content (AvgIpc) is 2.74. The molecule has 3 rings (SSSR count). The lowest BCUT2D eigenvalue weighted by molar-refractivity contribution is -0.384. The van der Waals surface area contributed by atoms with Gasteiger partial charge in [-0.2, -0.15) is 0 Å². The summed E-state index contributed by atoms with van der Waals surface area (Å²) in [5.74, 6) is 0.259. The van der Waals surface area contributed by atoms with E-state index in [1.165, 1.54) is 11.6 Å². The monoisotopic (exact) mass is 411 g/mol. The van der Waals surface area contributed by atoms with E-state index >= 15 is 0 Å². The maximum atomic E-state index is 12.7. The molecule has 1 heterocycles. The number of hydrogen-bond acceptors (Lipinski definition) is 5. The van der Waals surface area contributed by atoms with E-state index in [0.717, 1.165) is 12.0 Å². The molecule has 1 amide bonds. The number of carbonyl (C=O) groups is 1. The molecule has 1 atom stereocenters. The Hall–Kier alpha value is -2.93. The van der Waals surface area contributed by atoms with Crippen molar-refractivity contribution in [2.24, 2.45) is 5.92 Å². The molecular weight excluding hydrogens is 382 g/mol. The first-order chi connectivity index (χ1) is 14.3. The largest absolute Gasteiger partial charge is 0.378 e. The van der Waals surface area contributed by atoms with Crippen LogP contribution in [-0.4, -0.2) is 37.1 Å². The maximum absolute atomic E-state index is 12.7. The molecule has 0 spiro atoms. The van der Waals surface area contributed by atoms with Crippen LogP contribution in [0, 0.1) is 16.0 Å². The summed E-state index contributed by atoms with van der Waals surface area (Å²) in [6, 6.07) is 12.7. The molecule has 1 fully saturated rings. The number of rotatable bonds is 7. The summed E-state index contributed by atoms with van der Waals surface area (Å²) in [6.45, 7) is 8.53. The number of amides is 1. The number of nitro groups is 1. The van der Waals surface area contributed by atoms with Crippen molar-refractivity contribution in [2.75, 3.05) is 31.2 Å². The van der Waals surface area contributed by atoms with Crippen LogP contribution < -0.4 is 10.2 Å². The number of anilines is 1. The second-order valence-corrected chi connectivity index (χ2v) is 8.09. The Labute approximate surface area is 177 Å². The van der Waals surface area contributed by atoms with Crippen LogP contribution in [0.5, 0.6) is 0 Å². The Morgan fingerprint density at radius 3 is 2.40 bits per heavy atom. The maximum Gasteiger partial charge on any atom is 0.293 e. The van der Waals surface area contributed by atoms with E-state index in [9.17, 15) is 14.9 Å². The summed E-state index contributed by atoms with van der Waals surface area (Å²) in [7, 11) is 0. The SMILES string of the molecule is CC(C)Cc1ccc(C(C)NC(=O)c2ccc(N3CCOCC3)c([N+](=O)[O-])c2)cc1. The summed E-state index contributed by atoms with van der Waals surface area (Å²) in [5.41, 5.74) is 3.00. The van der Waals surface area contributed by atoms with Crippen LogP contribution in [0.2, 0.25) is 0 Å². The van der Waals surface area contributed by atoms with E-state index in [-0.39, 0.29) is 23.2 Å². The van der Waals surface area contributed by atoms with Crippen molar-refractivity contribution in [1.82, 2.24) is 5.32 Å². The van der Waals surface area contributed by atoms with Gasteiger partial charge in [-0.05, 0) is 42.5 Å². The van der Waals surface area contributed by atoms with Crippen LogP contribution in [0.15, 0.2) is 42.5 Å². The first-order valence-corrected chi connectivity index (χ1v) is 10.4. The fourth-order valence-electron chi connectivity index (χ4n) is 3.66. The summed E-state index contributed by atoms with van der Waals surface area (Å²) >= 11 is 0. The molecule has 160 valence electrons. The van der Waals surface area contributed by atoms with Gasteiger partial charge in [0, 0.05) is 24.7 Å². The predicted octanol–water partition coefficient (Wildman–Crippen LogP) is 4.12. The third kappa shape index (κ3) is 5.36. The van der Waals surface area contributed by atoms with Gasteiger partial charge in [-0.15, -0.1) is 0 Å². The number of nitrogens with one attached hydrogen (secondary N) is 1. The molecule has 1 aliphatic heterocycles. The number of ether oxygens (including phenoxy) is 1. The Balaban J connectivity index is 1.72. The van der Waals surface area contributed by atoms with E-state index < -0.39 is 4.92 Å². The van der Waals surface area contributed by atoms with Crippen molar-refractivity contribution in [3.8, 4) is 0 Å². The van der Waals surface area contributed by atoms with Crippen LogP contribution >= 0.6 is 0 Å². The zero-order chi connectivity index (χ0) is 21.7. The van der Waals surface area contributed by atoms with Crippen LogP contribution in [0.1, 0.15) is 48.3 Å². The summed E-state index contributed by atoms with van der Waals surface area (Å²) in [4.78, 5) is 25.8. The van der Waals surface area contributed by atoms with Gasteiger partial charge in [0.05, 0.1) is 24.2 Å².